The minimum atomic E-state index is -2.77. The van der Waals surface area contributed by atoms with Crippen molar-refractivity contribution in [2.75, 3.05) is 0 Å². The van der Waals surface area contributed by atoms with Crippen molar-refractivity contribution in [3.8, 4) is 5.75 Å². The molecule has 0 amide bonds. The summed E-state index contributed by atoms with van der Waals surface area (Å²) in [5.74, 6) is 1.72. The molecule has 1 aliphatic rings. The Labute approximate surface area is 119 Å². The van der Waals surface area contributed by atoms with Gasteiger partial charge in [-0.25, -0.2) is 0 Å². The summed E-state index contributed by atoms with van der Waals surface area (Å²) in [7, 11) is 0. The van der Waals surface area contributed by atoms with Crippen LogP contribution in [0.4, 0.5) is 8.78 Å². The van der Waals surface area contributed by atoms with Crippen molar-refractivity contribution < 1.29 is 13.5 Å². The van der Waals surface area contributed by atoms with Gasteiger partial charge in [0.05, 0.1) is 0 Å². The predicted octanol–water partition coefficient (Wildman–Crippen LogP) is 4.20. The molecule has 20 heavy (non-hydrogen) atoms. The van der Waals surface area contributed by atoms with Crippen LogP contribution in [0.25, 0.3) is 0 Å². The second-order valence-corrected chi connectivity index (χ2v) is 5.98. The first kappa shape index (κ1) is 15.2. The molecule has 2 unspecified atom stereocenters. The van der Waals surface area contributed by atoms with Gasteiger partial charge >= 0.3 is 6.61 Å². The van der Waals surface area contributed by atoms with Gasteiger partial charge in [0.15, 0.2) is 0 Å². The fourth-order valence-electron chi connectivity index (χ4n) is 3.23. The van der Waals surface area contributed by atoms with Crippen LogP contribution in [-0.2, 0) is 6.54 Å². The third kappa shape index (κ3) is 4.44. The van der Waals surface area contributed by atoms with Crippen molar-refractivity contribution in [1.82, 2.24) is 5.32 Å². The number of benzene rings is 1. The minimum absolute atomic E-state index is 0.270. The van der Waals surface area contributed by atoms with E-state index in [1.807, 2.05) is 12.1 Å². The van der Waals surface area contributed by atoms with Crippen LogP contribution < -0.4 is 10.1 Å². The van der Waals surface area contributed by atoms with Crippen LogP contribution in [0.2, 0.25) is 0 Å². The number of para-hydroxylation sites is 1. The molecule has 1 aromatic carbocycles. The Balaban J connectivity index is 1.93. The van der Waals surface area contributed by atoms with Crippen molar-refractivity contribution >= 4 is 0 Å². The number of rotatable bonds is 5. The molecule has 0 aliphatic heterocycles. The molecular weight excluding hydrogens is 260 g/mol. The fourth-order valence-corrected chi connectivity index (χ4v) is 3.23. The van der Waals surface area contributed by atoms with Crippen LogP contribution in [0.15, 0.2) is 24.3 Å². The monoisotopic (exact) mass is 283 g/mol. The van der Waals surface area contributed by atoms with Crippen LogP contribution in [0.3, 0.4) is 0 Å². The zero-order valence-corrected chi connectivity index (χ0v) is 12.1. The number of hydrogen-bond acceptors (Lipinski definition) is 2. The first-order chi connectivity index (χ1) is 9.54. The lowest BCUT2D eigenvalue weighted by Gasteiger charge is -2.32. The van der Waals surface area contributed by atoms with E-state index in [4.69, 9.17) is 0 Å². The average Bonchev–Trinajstić information content (AvgIpc) is 2.36. The smallest absolute Gasteiger partial charge is 0.387 e. The Morgan fingerprint density at radius 2 is 1.80 bits per heavy atom. The van der Waals surface area contributed by atoms with Gasteiger partial charge in [0.1, 0.15) is 5.75 Å². The summed E-state index contributed by atoms with van der Waals surface area (Å²) in [4.78, 5) is 0. The van der Waals surface area contributed by atoms with E-state index in [2.05, 4.69) is 23.9 Å². The van der Waals surface area contributed by atoms with Crippen LogP contribution in [-0.4, -0.2) is 12.7 Å². The van der Waals surface area contributed by atoms with Crippen LogP contribution >= 0.6 is 0 Å². The number of alkyl halides is 2. The quantitative estimate of drug-likeness (QED) is 0.874. The van der Waals surface area contributed by atoms with Crippen molar-refractivity contribution in [3.63, 3.8) is 0 Å². The first-order valence-corrected chi connectivity index (χ1v) is 7.30. The summed E-state index contributed by atoms with van der Waals surface area (Å²) in [5.41, 5.74) is 0.790. The van der Waals surface area contributed by atoms with Crippen LogP contribution in [0.5, 0.6) is 5.75 Å². The molecule has 0 heterocycles. The SMILES string of the molecule is CC1CC(C)CC(NCc2ccccc2OC(F)F)C1. The van der Waals surface area contributed by atoms with Gasteiger partial charge in [0.2, 0.25) is 0 Å². The van der Waals surface area contributed by atoms with E-state index in [9.17, 15) is 8.78 Å². The number of ether oxygens (including phenoxy) is 1. The maximum atomic E-state index is 12.4. The molecule has 1 saturated carbocycles. The zero-order valence-electron chi connectivity index (χ0n) is 12.1. The molecule has 2 nitrogen and oxygen atoms in total. The van der Waals surface area contributed by atoms with Crippen molar-refractivity contribution in [3.05, 3.63) is 29.8 Å². The molecule has 0 spiro atoms. The highest BCUT2D eigenvalue weighted by molar-refractivity contribution is 5.33. The summed E-state index contributed by atoms with van der Waals surface area (Å²) in [5, 5.41) is 3.49. The van der Waals surface area contributed by atoms with E-state index < -0.39 is 6.61 Å². The zero-order chi connectivity index (χ0) is 14.5. The fraction of sp³-hybridized carbons (Fsp3) is 0.625. The molecule has 2 rings (SSSR count). The van der Waals surface area contributed by atoms with E-state index in [-0.39, 0.29) is 5.75 Å². The Morgan fingerprint density at radius 1 is 1.15 bits per heavy atom. The van der Waals surface area contributed by atoms with E-state index in [0.717, 1.165) is 30.2 Å². The molecule has 0 radical (unpaired) electrons. The summed E-state index contributed by atoms with van der Waals surface area (Å²) < 4.78 is 29.3. The summed E-state index contributed by atoms with van der Waals surface area (Å²) in [6, 6.07) is 7.46. The molecule has 1 fully saturated rings. The van der Waals surface area contributed by atoms with E-state index in [1.165, 1.54) is 6.42 Å². The third-order valence-corrected chi connectivity index (χ3v) is 3.95. The van der Waals surface area contributed by atoms with Gasteiger partial charge in [-0.1, -0.05) is 32.0 Å². The van der Waals surface area contributed by atoms with Gasteiger partial charge in [0, 0.05) is 18.2 Å². The standard InChI is InChI=1S/C16H23F2NO/c1-11-7-12(2)9-14(8-11)19-10-13-5-3-4-6-15(13)20-16(17)18/h3-6,11-12,14,16,19H,7-10H2,1-2H3. The highest BCUT2D eigenvalue weighted by atomic mass is 19.3. The lowest BCUT2D eigenvalue weighted by molar-refractivity contribution is -0.0505. The summed E-state index contributed by atoms with van der Waals surface area (Å²) in [6.07, 6.45) is 3.59. The van der Waals surface area contributed by atoms with Gasteiger partial charge in [0.25, 0.3) is 0 Å². The van der Waals surface area contributed by atoms with Crippen molar-refractivity contribution in [2.45, 2.75) is 52.3 Å². The maximum Gasteiger partial charge on any atom is 0.387 e. The van der Waals surface area contributed by atoms with E-state index in [0.29, 0.717) is 12.6 Å². The average molecular weight is 283 g/mol. The summed E-state index contributed by atoms with van der Waals surface area (Å²) in [6.45, 7) is 2.36. The molecular formula is C16H23F2NO. The van der Waals surface area contributed by atoms with Gasteiger partial charge < -0.3 is 10.1 Å². The predicted molar refractivity (Wildman–Crippen MR) is 75.9 cm³/mol. The van der Waals surface area contributed by atoms with Gasteiger partial charge in [-0.2, -0.15) is 8.78 Å². The largest absolute Gasteiger partial charge is 0.434 e. The summed E-state index contributed by atoms with van der Waals surface area (Å²) >= 11 is 0. The molecule has 1 aromatic rings. The topological polar surface area (TPSA) is 21.3 Å². The van der Waals surface area contributed by atoms with Gasteiger partial charge in [-0.3, -0.25) is 0 Å². The lowest BCUT2D eigenvalue weighted by atomic mass is 9.80. The highest BCUT2D eigenvalue weighted by Crippen LogP contribution is 2.29. The third-order valence-electron chi connectivity index (χ3n) is 3.95. The van der Waals surface area contributed by atoms with Gasteiger partial charge in [-0.15, -0.1) is 0 Å². The molecule has 4 heteroatoms. The van der Waals surface area contributed by atoms with E-state index in [1.54, 1.807) is 12.1 Å². The second kappa shape index (κ2) is 7.02. The molecule has 112 valence electrons. The maximum absolute atomic E-state index is 12.4. The highest BCUT2D eigenvalue weighted by Gasteiger charge is 2.23. The molecule has 1 aliphatic carbocycles. The van der Waals surface area contributed by atoms with Crippen LogP contribution in [0, 0.1) is 11.8 Å². The Morgan fingerprint density at radius 3 is 2.45 bits per heavy atom. The minimum Gasteiger partial charge on any atom is -0.434 e. The van der Waals surface area contributed by atoms with E-state index >= 15 is 0 Å². The molecule has 0 saturated heterocycles. The number of nitrogens with one attached hydrogen (secondary N) is 1. The lowest BCUT2D eigenvalue weighted by Crippen LogP contribution is -2.36. The normalized spacial score (nSPS) is 26.8. The van der Waals surface area contributed by atoms with Crippen molar-refractivity contribution in [2.24, 2.45) is 11.8 Å². The first-order valence-electron chi connectivity index (χ1n) is 7.30. The van der Waals surface area contributed by atoms with Crippen LogP contribution in [0.1, 0.15) is 38.7 Å². The number of hydrogen-bond donors (Lipinski definition) is 1. The molecule has 0 aromatic heterocycles. The molecule has 2 atom stereocenters. The Kier molecular flexibility index (Phi) is 5.35. The Bertz CT molecular complexity index is 415. The Hall–Kier alpha value is -1.16. The van der Waals surface area contributed by atoms with Crippen molar-refractivity contribution in [1.29, 1.82) is 0 Å². The number of halogens is 2. The second-order valence-electron chi connectivity index (χ2n) is 5.98. The molecule has 0 bridgehead atoms. The molecule has 1 N–H and O–H groups in total. The van der Waals surface area contributed by atoms with Gasteiger partial charge in [-0.05, 0) is 37.2 Å².